The Morgan fingerprint density at radius 3 is 2.06 bits per heavy atom. The Hall–Kier alpha value is 0.410. The van der Waals surface area contributed by atoms with Gasteiger partial charge in [0.05, 0.1) is 0 Å². The zero-order chi connectivity index (χ0) is 12.7. The maximum atomic E-state index is 11.2. The molecule has 18 heavy (non-hydrogen) atoms. The fourth-order valence-corrected chi connectivity index (χ4v) is 1.08. The van der Waals surface area contributed by atoms with Crippen LogP contribution in [0.25, 0.3) is 0 Å². The molecule has 0 aromatic carbocycles. The third-order valence-electron chi connectivity index (χ3n) is 2.26. The van der Waals surface area contributed by atoms with Crippen molar-refractivity contribution in [2.45, 2.75) is 39.2 Å². The van der Waals surface area contributed by atoms with E-state index in [4.69, 9.17) is 5.11 Å². The molecule has 92 valence electrons. The molecule has 0 aliphatic carbocycles. The SMILES string of the molecule is CC[C@H](C)[C@H](N=C([O-])CCC(=O)[O-])C(=O)O.[Na+].[Na+]. The van der Waals surface area contributed by atoms with E-state index in [1.54, 1.807) is 13.8 Å². The van der Waals surface area contributed by atoms with Crippen molar-refractivity contribution >= 4 is 17.8 Å². The van der Waals surface area contributed by atoms with E-state index in [0.29, 0.717) is 6.42 Å². The van der Waals surface area contributed by atoms with Gasteiger partial charge in [-0.05, 0) is 24.7 Å². The molecule has 0 aromatic heterocycles. The predicted octanol–water partition coefficient (Wildman–Crippen LogP) is -7.22. The summed E-state index contributed by atoms with van der Waals surface area (Å²) >= 11 is 0. The molecular formula is C10H15NNa2O5. The predicted molar refractivity (Wildman–Crippen MR) is 52.6 cm³/mol. The van der Waals surface area contributed by atoms with Crippen LogP contribution in [0, 0.1) is 5.92 Å². The second kappa shape index (κ2) is 12.4. The quantitative estimate of drug-likeness (QED) is 0.282. The number of carbonyl (C=O) groups excluding carboxylic acids is 1. The van der Waals surface area contributed by atoms with Crippen LogP contribution in [0.3, 0.4) is 0 Å². The molecule has 0 aromatic rings. The standard InChI is InChI=1S/C10H17NO5.2Na/c1-3-6(2)9(10(15)16)11-7(12)4-5-8(13)14;;/h6,9H,3-5H2,1-2H3,(H,11,12)(H,13,14)(H,15,16);;/q;2*+1/p-2/t6-,9-;;/m0../s1. The molecule has 0 saturated carbocycles. The second-order valence-corrected chi connectivity index (χ2v) is 3.56. The van der Waals surface area contributed by atoms with Crippen LogP contribution < -0.4 is 69.3 Å². The van der Waals surface area contributed by atoms with Gasteiger partial charge in [-0.3, -0.25) is 4.99 Å². The molecule has 1 N–H and O–H groups in total. The van der Waals surface area contributed by atoms with Gasteiger partial charge >= 0.3 is 65.1 Å². The van der Waals surface area contributed by atoms with E-state index in [1.165, 1.54) is 0 Å². The van der Waals surface area contributed by atoms with E-state index >= 15 is 0 Å². The van der Waals surface area contributed by atoms with Crippen molar-refractivity contribution in [3.05, 3.63) is 0 Å². The van der Waals surface area contributed by atoms with Crippen molar-refractivity contribution in [3.63, 3.8) is 0 Å². The largest absolute Gasteiger partial charge is 1.00 e. The molecule has 0 rings (SSSR count). The number of rotatable bonds is 7. The summed E-state index contributed by atoms with van der Waals surface area (Å²) in [4.78, 5) is 24.4. The topological polar surface area (TPSA) is 113 Å². The number of aliphatic imine (C=N–C) groups is 1. The second-order valence-electron chi connectivity index (χ2n) is 3.56. The van der Waals surface area contributed by atoms with Crippen LogP contribution in [-0.4, -0.2) is 29.0 Å². The Morgan fingerprint density at radius 2 is 1.72 bits per heavy atom. The molecule has 0 saturated heterocycles. The van der Waals surface area contributed by atoms with Gasteiger partial charge in [-0.2, -0.15) is 0 Å². The summed E-state index contributed by atoms with van der Waals surface area (Å²) in [6.45, 7) is 3.47. The summed E-state index contributed by atoms with van der Waals surface area (Å²) in [5.74, 6) is -3.49. The molecule has 0 bridgehead atoms. The molecule has 6 nitrogen and oxygen atoms in total. The van der Waals surface area contributed by atoms with Crippen LogP contribution in [-0.2, 0) is 9.59 Å². The van der Waals surface area contributed by atoms with Crippen molar-refractivity contribution in [2.24, 2.45) is 10.9 Å². The molecule has 0 fully saturated rings. The number of carboxylic acids is 2. The van der Waals surface area contributed by atoms with E-state index in [-0.39, 0.29) is 71.5 Å². The Labute approximate surface area is 150 Å². The van der Waals surface area contributed by atoms with Crippen LogP contribution in [0.5, 0.6) is 0 Å². The molecule has 0 aliphatic rings. The Kier molecular flexibility index (Phi) is 16.2. The molecule has 2 atom stereocenters. The van der Waals surface area contributed by atoms with Gasteiger partial charge in [0.25, 0.3) is 0 Å². The smallest absolute Gasteiger partial charge is 0.862 e. The number of hydrogen-bond acceptors (Lipinski definition) is 5. The van der Waals surface area contributed by atoms with Crippen LogP contribution in [0.15, 0.2) is 4.99 Å². The van der Waals surface area contributed by atoms with Gasteiger partial charge in [0.1, 0.15) is 6.04 Å². The number of aliphatic carboxylic acids is 2. The zero-order valence-corrected chi connectivity index (χ0v) is 15.3. The number of carbonyl (C=O) groups is 2. The molecule has 0 unspecified atom stereocenters. The van der Waals surface area contributed by atoms with Crippen LogP contribution in [0.2, 0.25) is 0 Å². The van der Waals surface area contributed by atoms with Gasteiger partial charge in [0.15, 0.2) is 0 Å². The zero-order valence-electron chi connectivity index (χ0n) is 11.3. The Morgan fingerprint density at radius 1 is 1.22 bits per heavy atom. The summed E-state index contributed by atoms with van der Waals surface area (Å²) in [5, 5.41) is 30.1. The van der Waals surface area contributed by atoms with E-state index < -0.39 is 30.3 Å². The Bertz CT molecular complexity index is 296. The molecule has 0 amide bonds. The Balaban J connectivity index is -0.00000112. The van der Waals surface area contributed by atoms with E-state index in [0.717, 1.165) is 0 Å². The molecule has 0 spiro atoms. The average Bonchev–Trinajstić information content (AvgIpc) is 2.21. The fourth-order valence-electron chi connectivity index (χ4n) is 1.08. The van der Waals surface area contributed by atoms with Gasteiger partial charge < -0.3 is 20.1 Å². The summed E-state index contributed by atoms with van der Waals surface area (Å²) in [6, 6.07) is -1.10. The maximum absolute atomic E-state index is 11.2. The van der Waals surface area contributed by atoms with Crippen molar-refractivity contribution in [3.8, 4) is 0 Å². The monoisotopic (exact) mass is 275 g/mol. The molecule has 0 radical (unpaired) electrons. The van der Waals surface area contributed by atoms with Crippen molar-refractivity contribution in [1.29, 1.82) is 0 Å². The normalized spacial score (nSPS) is 13.8. The van der Waals surface area contributed by atoms with Crippen molar-refractivity contribution < 1.29 is 84.0 Å². The first-order chi connectivity index (χ1) is 7.38. The van der Waals surface area contributed by atoms with Gasteiger partial charge in [-0.1, -0.05) is 20.3 Å². The fraction of sp³-hybridized carbons (Fsp3) is 0.700. The molecular weight excluding hydrogens is 260 g/mol. The molecule has 8 heteroatoms. The number of carboxylic acid groups (broad SMARTS) is 2. The minimum atomic E-state index is -1.35. The van der Waals surface area contributed by atoms with Crippen LogP contribution in [0.1, 0.15) is 33.1 Å². The minimum Gasteiger partial charge on any atom is -0.862 e. The third-order valence-corrected chi connectivity index (χ3v) is 2.26. The summed E-state index contributed by atoms with van der Waals surface area (Å²) in [5.41, 5.74) is 0. The minimum absolute atomic E-state index is 0. The maximum Gasteiger partial charge on any atom is 1.00 e. The summed E-state index contributed by atoms with van der Waals surface area (Å²) < 4.78 is 0. The van der Waals surface area contributed by atoms with Gasteiger partial charge in [-0.25, -0.2) is 4.79 Å². The van der Waals surface area contributed by atoms with Crippen molar-refractivity contribution in [1.82, 2.24) is 0 Å². The summed E-state index contributed by atoms with van der Waals surface area (Å²) in [7, 11) is 0. The van der Waals surface area contributed by atoms with Gasteiger partial charge in [0, 0.05) is 5.97 Å². The van der Waals surface area contributed by atoms with Gasteiger partial charge in [0.2, 0.25) is 0 Å². The first kappa shape index (κ1) is 23.5. The molecule has 0 aliphatic heterocycles. The van der Waals surface area contributed by atoms with Crippen LogP contribution in [0.4, 0.5) is 0 Å². The number of hydrogen-bond donors (Lipinski definition) is 1. The van der Waals surface area contributed by atoms with Gasteiger partial charge in [-0.15, -0.1) is 0 Å². The van der Waals surface area contributed by atoms with E-state index in [2.05, 4.69) is 4.99 Å². The van der Waals surface area contributed by atoms with E-state index in [9.17, 15) is 19.8 Å². The number of nitrogens with zero attached hydrogens (tertiary/aromatic N) is 1. The van der Waals surface area contributed by atoms with Crippen molar-refractivity contribution in [2.75, 3.05) is 0 Å². The van der Waals surface area contributed by atoms with E-state index in [1.807, 2.05) is 0 Å². The van der Waals surface area contributed by atoms with Crippen LogP contribution >= 0.6 is 0 Å². The molecule has 0 heterocycles. The first-order valence-electron chi connectivity index (χ1n) is 5.04. The first-order valence-corrected chi connectivity index (χ1v) is 5.04. The third kappa shape index (κ3) is 10.3. The summed E-state index contributed by atoms with van der Waals surface area (Å²) in [6.07, 6.45) is -0.175. The average molecular weight is 275 g/mol.